The van der Waals surface area contributed by atoms with Gasteiger partial charge in [-0.2, -0.15) is 0 Å². The smallest absolute Gasteiger partial charge is 0.127 e. The van der Waals surface area contributed by atoms with E-state index in [9.17, 15) is 0 Å². The maximum atomic E-state index is 4.36. The van der Waals surface area contributed by atoms with Crippen LogP contribution >= 0.6 is 11.3 Å². The molecule has 0 bridgehead atoms. The van der Waals surface area contributed by atoms with Crippen molar-refractivity contribution in [2.45, 2.75) is 6.92 Å². The predicted octanol–water partition coefficient (Wildman–Crippen LogP) is 2.58. The third kappa shape index (κ3) is 2.15. The van der Waals surface area contributed by atoms with E-state index in [0.29, 0.717) is 0 Å². The van der Waals surface area contributed by atoms with Gasteiger partial charge in [-0.05, 0) is 19.1 Å². The third-order valence-corrected chi connectivity index (χ3v) is 3.04. The highest BCUT2D eigenvalue weighted by atomic mass is 32.1. The Kier molecular flexibility index (Phi) is 2.68. The molecule has 0 saturated carbocycles. The fourth-order valence-electron chi connectivity index (χ4n) is 1.27. The van der Waals surface area contributed by atoms with Crippen LogP contribution in [0.15, 0.2) is 24.5 Å². The maximum absolute atomic E-state index is 4.36. The molecule has 2 heterocycles. The maximum Gasteiger partial charge on any atom is 0.127 e. The highest BCUT2D eigenvalue weighted by molar-refractivity contribution is 7.14. The van der Waals surface area contributed by atoms with Crippen LogP contribution < -0.4 is 4.90 Å². The van der Waals surface area contributed by atoms with Crippen LogP contribution in [-0.2, 0) is 0 Å². The molecule has 0 aliphatic heterocycles. The first-order valence-electron chi connectivity index (χ1n) is 4.73. The first-order chi connectivity index (χ1) is 7.16. The van der Waals surface area contributed by atoms with Crippen molar-refractivity contribution in [1.82, 2.24) is 9.97 Å². The predicted molar refractivity (Wildman–Crippen MR) is 64.4 cm³/mol. The van der Waals surface area contributed by atoms with Gasteiger partial charge in [0.1, 0.15) is 10.8 Å². The summed E-state index contributed by atoms with van der Waals surface area (Å²) in [5.41, 5.74) is 1.08. The van der Waals surface area contributed by atoms with Gasteiger partial charge in [0, 0.05) is 36.9 Å². The van der Waals surface area contributed by atoms with Crippen molar-refractivity contribution < 1.29 is 0 Å². The molecule has 2 rings (SSSR count). The van der Waals surface area contributed by atoms with E-state index in [1.165, 1.54) is 4.88 Å². The first kappa shape index (κ1) is 10.1. The lowest BCUT2D eigenvalue weighted by molar-refractivity contribution is 1.07. The molecule has 0 fully saturated rings. The van der Waals surface area contributed by atoms with Crippen LogP contribution in [0.25, 0.3) is 10.6 Å². The molecule has 0 atom stereocenters. The Balaban J connectivity index is 2.31. The molecule has 0 aliphatic carbocycles. The van der Waals surface area contributed by atoms with Gasteiger partial charge in [0.25, 0.3) is 0 Å². The van der Waals surface area contributed by atoms with Crippen molar-refractivity contribution >= 4 is 17.2 Å². The standard InChI is InChI=1S/C11H13N3S/c1-8-6-13-11(15-8)9-4-5-10(12-7-9)14(2)3/h4-7H,1-3H3. The van der Waals surface area contributed by atoms with Gasteiger partial charge >= 0.3 is 0 Å². The van der Waals surface area contributed by atoms with Crippen LogP contribution in [0.4, 0.5) is 5.82 Å². The summed E-state index contributed by atoms with van der Waals surface area (Å²) in [5, 5.41) is 1.03. The van der Waals surface area contributed by atoms with Crippen molar-refractivity contribution in [1.29, 1.82) is 0 Å². The van der Waals surface area contributed by atoms with Crippen LogP contribution in [0.1, 0.15) is 4.88 Å². The second kappa shape index (κ2) is 3.98. The molecule has 3 nitrogen and oxygen atoms in total. The van der Waals surface area contributed by atoms with Gasteiger partial charge in [-0.3, -0.25) is 0 Å². The van der Waals surface area contributed by atoms with E-state index in [1.807, 2.05) is 37.5 Å². The van der Waals surface area contributed by atoms with Gasteiger partial charge in [0.05, 0.1) is 0 Å². The quantitative estimate of drug-likeness (QED) is 0.777. The monoisotopic (exact) mass is 219 g/mol. The van der Waals surface area contributed by atoms with Gasteiger partial charge in [0.2, 0.25) is 0 Å². The summed E-state index contributed by atoms with van der Waals surface area (Å²) in [6, 6.07) is 4.06. The Morgan fingerprint density at radius 3 is 2.40 bits per heavy atom. The van der Waals surface area contributed by atoms with E-state index in [4.69, 9.17) is 0 Å². The Bertz CT molecular complexity index is 445. The van der Waals surface area contributed by atoms with Crippen molar-refractivity contribution in [3.8, 4) is 10.6 Å². The van der Waals surface area contributed by atoms with Crippen molar-refractivity contribution in [3.05, 3.63) is 29.4 Å². The topological polar surface area (TPSA) is 29.0 Å². The zero-order valence-corrected chi connectivity index (χ0v) is 9.88. The van der Waals surface area contributed by atoms with Gasteiger partial charge in [-0.25, -0.2) is 9.97 Å². The molecular weight excluding hydrogens is 206 g/mol. The minimum atomic E-state index is 0.965. The first-order valence-corrected chi connectivity index (χ1v) is 5.54. The van der Waals surface area contributed by atoms with E-state index < -0.39 is 0 Å². The normalized spacial score (nSPS) is 10.3. The summed E-state index contributed by atoms with van der Waals surface area (Å²) in [6.45, 7) is 2.06. The van der Waals surface area contributed by atoms with Crippen LogP contribution in [0.5, 0.6) is 0 Å². The lowest BCUT2D eigenvalue weighted by Gasteiger charge is -2.10. The van der Waals surface area contributed by atoms with Crippen LogP contribution in [0, 0.1) is 6.92 Å². The number of aromatic nitrogens is 2. The summed E-state index contributed by atoms with van der Waals surface area (Å²) < 4.78 is 0. The van der Waals surface area contributed by atoms with Crippen LogP contribution in [-0.4, -0.2) is 24.1 Å². The number of aryl methyl sites for hydroxylation is 1. The fraction of sp³-hybridized carbons (Fsp3) is 0.273. The van der Waals surface area contributed by atoms with Crippen molar-refractivity contribution in [2.24, 2.45) is 0 Å². The van der Waals surface area contributed by atoms with E-state index >= 15 is 0 Å². The Hall–Kier alpha value is -1.42. The van der Waals surface area contributed by atoms with Crippen molar-refractivity contribution in [3.63, 3.8) is 0 Å². The molecule has 0 spiro atoms. The van der Waals surface area contributed by atoms with Crippen LogP contribution in [0.2, 0.25) is 0 Å². The fourth-order valence-corrected chi connectivity index (χ4v) is 2.02. The Morgan fingerprint density at radius 1 is 1.13 bits per heavy atom. The summed E-state index contributed by atoms with van der Waals surface area (Å²) in [4.78, 5) is 11.9. The SMILES string of the molecule is Cc1cnc(-c2ccc(N(C)C)nc2)s1. The number of nitrogens with zero attached hydrogens (tertiary/aromatic N) is 3. The molecule has 15 heavy (non-hydrogen) atoms. The molecule has 0 saturated heterocycles. The van der Waals surface area contributed by atoms with Crippen LogP contribution in [0.3, 0.4) is 0 Å². The van der Waals surface area contributed by atoms with Gasteiger partial charge < -0.3 is 4.90 Å². The largest absolute Gasteiger partial charge is 0.363 e. The van der Waals surface area contributed by atoms with Gasteiger partial charge in [0.15, 0.2) is 0 Å². The molecule has 2 aromatic rings. The molecule has 0 aliphatic rings. The van der Waals surface area contributed by atoms with E-state index in [-0.39, 0.29) is 0 Å². The number of anilines is 1. The molecule has 4 heteroatoms. The highest BCUT2D eigenvalue weighted by Crippen LogP contribution is 2.24. The lowest BCUT2D eigenvalue weighted by Crippen LogP contribution is -2.09. The summed E-state index contributed by atoms with van der Waals surface area (Å²) in [5.74, 6) is 0.965. The summed E-state index contributed by atoms with van der Waals surface area (Å²) in [6.07, 6.45) is 3.76. The minimum absolute atomic E-state index is 0.965. The molecule has 0 radical (unpaired) electrons. The molecule has 0 amide bonds. The average molecular weight is 219 g/mol. The number of hydrogen-bond donors (Lipinski definition) is 0. The Labute approximate surface area is 93.4 Å². The zero-order valence-electron chi connectivity index (χ0n) is 9.06. The van der Waals surface area contributed by atoms with Gasteiger partial charge in [-0.1, -0.05) is 0 Å². The lowest BCUT2D eigenvalue weighted by atomic mass is 10.3. The highest BCUT2D eigenvalue weighted by Gasteiger charge is 2.03. The van der Waals surface area contributed by atoms with E-state index in [1.54, 1.807) is 11.3 Å². The number of rotatable bonds is 2. The van der Waals surface area contributed by atoms with Gasteiger partial charge in [-0.15, -0.1) is 11.3 Å². The molecular formula is C11H13N3S. The molecule has 0 aromatic carbocycles. The van der Waals surface area contributed by atoms with Crippen molar-refractivity contribution in [2.75, 3.05) is 19.0 Å². The zero-order chi connectivity index (χ0) is 10.8. The second-order valence-corrected chi connectivity index (χ2v) is 4.81. The number of hydrogen-bond acceptors (Lipinski definition) is 4. The van der Waals surface area contributed by atoms with E-state index in [0.717, 1.165) is 16.4 Å². The molecule has 78 valence electrons. The third-order valence-electron chi connectivity index (χ3n) is 2.07. The molecule has 0 N–H and O–H groups in total. The summed E-state index contributed by atoms with van der Waals surface area (Å²) in [7, 11) is 3.96. The minimum Gasteiger partial charge on any atom is -0.363 e. The number of thiazole rings is 1. The molecule has 0 unspecified atom stereocenters. The number of pyridine rings is 1. The average Bonchev–Trinajstić information content (AvgIpc) is 2.65. The van der Waals surface area contributed by atoms with E-state index in [2.05, 4.69) is 23.0 Å². The summed E-state index contributed by atoms with van der Waals surface area (Å²) >= 11 is 1.69. The molecule has 2 aromatic heterocycles. The second-order valence-electron chi connectivity index (χ2n) is 3.58. The Morgan fingerprint density at radius 2 is 1.93 bits per heavy atom.